The molecule has 24 heavy (non-hydrogen) atoms. The SMILES string of the molecule is O=C(O)c1cc2c(s1)CCC(c1ccccc1)(N1CCOCC1)C2. The van der Waals surface area contributed by atoms with Gasteiger partial charge in [0.25, 0.3) is 0 Å². The van der Waals surface area contributed by atoms with Crippen molar-refractivity contribution in [2.45, 2.75) is 24.8 Å². The van der Waals surface area contributed by atoms with Crippen LogP contribution in [0.3, 0.4) is 0 Å². The Kier molecular flexibility index (Phi) is 4.16. The Bertz CT molecular complexity index is 736. The predicted octanol–water partition coefficient (Wildman–Crippen LogP) is 3.16. The zero-order chi connectivity index (χ0) is 16.6. The first kappa shape index (κ1) is 15.8. The summed E-state index contributed by atoms with van der Waals surface area (Å²) in [5, 5.41) is 9.31. The van der Waals surface area contributed by atoms with Crippen LogP contribution in [0.25, 0.3) is 0 Å². The summed E-state index contributed by atoms with van der Waals surface area (Å²) in [5.74, 6) is -0.814. The second-order valence-corrected chi connectivity index (χ2v) is 7.67. The number of carboxylic acid groups (broad SMARTS) is 1. The van der Waals surface area contributed by atoms with Crippen molar-refractivity contribution in [3.8, 4) is 0 Å². The van der Waals surface area contributed by atoms with E-state index < -0.39 is 5.97 Å². The van der Waals surface area contributed by atoms with E-state index in [1.54, 1.807) is 0 Å². The number of carboxylic acids is 1. The maximum absolute atomic E-state index is 11.3. The molecule has 1 saturated heterocycles. The van der Waals surface area contributed by atoms with Gasteiger partial charge in [0.1, 0.15) is 4.88 Å². The van der Waals surface area contributed by atoms with Gasteiger partial charge in [0, 0.05) is 18.0 Å². The molecular weight excluding hydrogens is 322 g/mol. The van der Waals surface area contributed by atoms with Crippen LogP contribution in [-0.2, 0) is 23.1 Å². The molecule has 1 aromatic carbocycles. The third-order valence-corrected chi connectivity index (χ3v) is 6.51. The van der Waals surface area contributed by atoms with Crippen LogP contribution in [0.2, 0.25) is 0 Å². The molecule has 0 saturated carbocycles. The lowest BCUT2D eigenvalue weighted by molar-refractivity contribution is -0.0310. The first-order chi connectivity index (χ1) is 11.7. The minimum absolute atomic E-state index is 0.0467. The number of morpholine rings is 1. The maximum atomic E-state index is 11.3. The highest BCUT2D eigenvalue weighted by molar-refractivity contribution is 7.14. The fourth-order valence-electron chi connectivity index (χ4n) is 4.10. The molecule has 1 unspecified atom stereocenters. The lowest BCUT2D eigenvalue weighted by Gasteiger charge is -2.48. The lowest BCUT2D eigenvalue weighted by atomic mass is 9.74. The number of nitrogens with zero attached hydrogens (tertiary/aromatic N) is 1. The summed E-state index contributed by atoms with van der Waals surface area (Å²) in [6, 6.07) is 12.6. The number of fused-ring (bicyclic) bond motifs is 1. The highest BCUT2D eigenvalue weighted by Crippen LogP contribution is 2.44. The summed E-state index contributed by atoms with van der Waals surface area (Å²) in [7, 11) is 0. The number of rotatable bonds is 3. The van der Waals surface area contributed by atoms with Crippen molar-refractivity contribution in [2.75, 3.05) is 26.3 Å². The molecule has 1 aromatic heterocycles. The van der Waals surface area contributed by atoms with Gasteiger partial charge in [0.15, 0.2) is 0 Å². The molecule has 0 bridgehead atoms. The average Bonchev–Trinajstić information content (AvgIpc) is 3.06. The molecule has 0 radical (unpaired) electrons. The molecule has 2 aromatic rings. The fraction of sp³-hybridized carbons (Fsp3) is 0.421. The minimum Gasteiger partial charge on any atom is -0.477 e. The monoisotopic (exact) mass is 343 g/mol. The van der Waals surface area contributed by atoms with Gasteiger partial charge in [-0.1, -0.05) is 30.3 Å². The van der Waals surface area contributed by atoms with Gasteiger partial charge in [-0.3, -0.25) is 4.90 Å². The molecule has 1 atom stereocenters. The second-order valence-electron chi connectivity index (χ2n) is 6.54. The molecule has 2 heterocycles. The van der Waals surface area contributed by atoms with E-state index in [1.165, 1.54) is 27.3 Å². The van der Waals surface area contributed by atoms with Gasteiger partial charge in [0.2, 0.25) is 0 Å². The molecule has 2 aliphatic rings. The van der Waals surface area contributed by atoms with Crippen LogP contribution in [0.4, 0.5) is 0 Å². The quantitative estimate of drug-likeness (QED) is 0.930. The number of ether oxygens (including phenoxy) is 1. The summed E-state index contributed by atoms with van der Waals surface area (Å²) in [5.41, 5.74) is 2.49. The Morgan fingerprint density at radius 1 is 1.21 bits per heavy atom. The van der Waals surface area contributed by atoms with Crippen molar-refractivity contribution in [3.63, 3.8) is 0 Å². The van der Waals surface area contributed by atoms with Crippen LogP contribution in [0.5, 0.6) is 0 Å². The van der Waals surface area contributed by atoms with Crippen LogP contribution in [-0.4, -0.2) is 42.3 Å². The van der Waals surface area contributed by atoms with Crippen molar-refractivity contribution >= 4 is 17.3 Å². The van der Waals surface area contributed by atoms with Crippen LogP contribution in [0.15, 0.2) is 36.4 Å². The van der Waals surface area contributed by atoms with Gasteiger partial charge in [-0.25, -0.2) is 4.79 Å². The van der Waals surface area contributed by atoms with Crippen molar-refractivity contribution < 1.29 is 14.6 Å². The predicted molar refractivity (Wildman–Crippen MR) is 93.8 cm³/mol. The summed E-state index contributed by atoms with van der Waals surface area (Å²) >= 11 is 1.44. The number of aryl methyl sites for hydroxylation is 1. The maximum Gasteiger partial charge on any atom is 0.345 e. The number of hydrogen-bond donors (Lipinski definition) is 1. The average molecular weight is 343 g/mol. The first-order valence-corrected chi connectivity index (χ1v) is 9.24. The van der Waals surface area contributed by atoms with Gasteiger partial charge < -0.3 is 9.84 Å². The molecule has 1 aliphatic carbocycles. The highest BCUT2D eigenvalue weighted by Gasteiger charge is 2.42. The summed E-state index contributed by atoms with van der Waals surface area (Å²) in [6.45, 7) is 3.40. The summed E-state index contributed by atoms with van der Waals surface area (Å²) in [4.78, 5) is 15.6. The van der Waals surface area contributed by atoms with Gasteiger partial charge in [-0.05, 0) is 36.5 Å². The van der Waals surface area contributed by atoms with Gasteiger partial charge in [-0.2, -0.15) is 0 Å². The van der Waals surface area contributed by atoms with E-state index in [-0.39, 0.29) is 5.54 Å². The van der Waals surface area contributed by atoms with Crippen LogP contribution in [0, 0.1) is 0 Å². The summed E-state index contributed by atoms with van der Waals surface area (Å²) < 4.78 is 5.56. The molecular formula is C19H21NO3S. The molecule has 0 spiro atoms. The highest BCUT2D eigenvalue weighted by atomic mass is 32.1. The number of thiophene rings is 1. The van der Waals surface area contributed by atoms with Crippen molar-refractivity contribution in [1.82, 2.24) is 4.90 Å². The molecule has 1 aliphatic heterocycles. The Morgan fingerprint density at radius 2 is 1.96 bits per heavy atom. The van der Waals surface area contributed by atoms with Gasteiger partial charge >= 0.3 is 5.97 Å². The van der Waals surface area contributed by atoms with E-state index in [9.17, 15) is 9.90 Å². The third-order valence-electron chi connectivity index (χ3n) is 5.28. The van der Waals surface area contributed by atoms with E-state index in [0.717, 1.165) is 45.6 Å². The van der Waals surface area contributed by atoms with Crippen LogP contribution < -0.4 is 0 Å². The molecule has 4 rings (SSSR count). The minimum atomic E-state index is -0.814. The zero-order valence-corrected chi connectivity index (χ0v) is 14.3. The van der Waals surface area contributed by atoms with E-state index in [2.05, 4.69) is 35.2 Å². The van der Waals surface area contributed by atoms with Gasteiger partial charge in [-0.15, -0.1) is 11.3 Å². The van der Waals surface area contributed by atoms with E-state index >= 15 is 0 Å². The van der Waals surface area contributed by atoms with Gasteiger partial charge in [0.05, 0.1) is 18.8 Å². The van der Waals surface area contributed by atoms with E-state index in [4.69, 9.17) is 4.74 Å². The van der Waals surface area contributed by atoms with Crippen molar-refractivity contribution in [2.24, 2.45) is 0 Å². The Balaban J connectivity index is 1.75. The van der Waals surface area contributed by atoms with Crippen LogP contribution in [0.1, 0.15) is 32.1 Å². The standard InChI is InChI=1S/C19H21NO3S/c21-18(22)17-12-14-13-19(7-6-16(14)24-17,15-4-2-1-3-5-15)20-8-10-23-11-9-20/h1-5,12H,6-11,13H2,(H,21,22). The molecule has 1 fully saturated rings. The van der Waals surface area contributed by atoms with E-state index in [0.29, 0.717) is 4.88 Å². The zero-order valence-electron chi connectivity index (χ0n) is 13.5. The normalized spacial score (nSPS) is 24.5. The van der Waals surface area contributed by atoms with Crippen molar-refractivity contribution in [1.29, 1.82) is 0 Å². The third kappa shape index (κ3) is 2.66. The molecule has 126 valence electrons. The summed E-state index contributed by atoms with van der Waals surface area (Å²) in [6.07, 6.45) is 2.86. The van der Waals surface area contributed by atoms with E-state index in [1.807, 2.05) is 6.07 Å². The molecule has 5 heteroatoms. The number of aromatic carboxylic acids is 1. The lowest BCUT2D eigenvalue weighted by Crippen LogP contribution is -2.54. The number of benzene rings is 1. The Hall–Kier alpha value is -1.69. The second kappa shape index (κ2) is 6.31. The first-order valence-electron chi connectivity index (χ1n) is 8.42. The fourth-order valence-corrected chi connectivity index (χ4v) is 5.12. The Labute approximate surface area is 145 Å². The molecule has 4 nitrogen and oxygen atoms in total. The number of hydrogen-bond acceptors (Lipinski definition) is 4. The van der Waals surface area contributed by atoms with Crippen LogP contribution >= 0.6 is 11.3 Å². The Morgan fingerprint density at radius 3 is 2.67 bits per heavy atom. The topological polar surface area (TPSA) is 49.8 Å². The van der Waals surface area contributed by atoms with Crippen molar-refractivity contribution in [3.05, 3.63) is 57.3 Å². The molecule has 1 N–H and O–H groups in total. The largest absolute Gasteiger partial charge is 0.477 e. The number of carbonyl (C=O) groups is 1. The molecule has 0 amide bonds. The smallest absolute Gasteiger partial charge is 0.345 e.